The van der Waals surface area contributed by atoms with Gasteiger partial charge in [0.15, 0.2) is 0 Å². The van der Waals surface area contributed by atoms with Crippen molar-refractivity contribution in [2.24, 2.45) is 47.3 Å². The Morgan fingerprint density at radius 1 is 0.636 bits per heavy atom. The zero-order valence-electron chi connectivity index (χ0n) is 39.5. The number of piperidine rings is 2. The minimum atomic E-state index is 0. The van der Waals surface area contributed by atoms with Gasteiger partial charge >= 0.3 is 37.1 Å². The molecule has 10 fully saturated rings. The standard InChI is InChI=1S/C26H34N2O3.C26H36N2O.CO2.Li.2H2O/c29-16-31-15-21-14-26(23-4-2-1-3-22(21)23)5-7-28(8-6-26)25(30)27-24-19-10-17-9-18(12-19)13-20(24)11-17;1-2-19-16-26(23-6-4-3-5-22(19)23)7-9-28(10-8-26)25(29)27-24-20-12-17-11-18(14-20)15-21(24)13-17;2-1-3;;;/h1-4,16-21,24H,5-15H2,(H,27,30);3-6,17-21,24H,2,7-16H2,1H3,(H,27,29);;;2*1H2/q;;;+1;;/p-1. The van der Waals surface area contributed by atoms with Crippen LogP contribution in [0.3, 0.4) is 0 Å². The number of ether oxygens (including phenoxy) is 1. The second-order valence-corrected chi connectivity index (χ2v) is 22.2. The first-order chi connectivity index (χ1) is 30.7. The number of likely N-dealkylation sites (tertiary alicyclic amines) is 2. The van der Waals surface area contributed by atoms with Gasteiger partial charge in [0.25, 0.3) is 6.47 Å². The monoisotopic (exact) mass is 901 g/mol. The van der Waals surface area contributed by atoms with Crippen LogP contribution in [0.4, 0.5) is 9.59 Å². The average molecular weight is 901 g/mol. The summed E-state index contributed by atoms with van der Waals surface area (Å²) in [6.07, 6.45) is 21.8. The Labute approximate surface area is 403 Å². The molecule has 2 aromatic carbocycles. The number of nitrogens with one attached hydrogen (secondary N) is 2. The largest absolute Gasteiger partial charge is 1.00 e. The maximum absolute atomic E-state index is 13.2. The molecule has 12 aliphatic rings. The number of benzene rings is 2. The molecule has 2 aliphatic heterocycles. The number of fused-ring (bicyclic) bond motifs is 4. The van der Waals surface area contributed by atoms with Crippen molar-refractivity contribution < 1.29 is 58.5 Å². The molecular weight excluding hydrogens is 828 g/mol. The molecule has 2 atom stereocenters. The number of urea groups is 2. The van der Waals surface area contributed by atoms with Crippen LogP contribution in [0.2, 0.25) is 0 Å². The van der Waals surface area contributed by atoms with Crippen LogP contribution < -0.4 is 29.5 Å². The van der Waals surface area contributed by atoms with Gasteiger partial charge in [0.2, 0.25) is 0 Å². The number of carbonyl (C=O) groups excluding carboxylic acids is 5. The third kappa shape index (κ3) is 9.40. The molecule has 4 amide bonds. The summed E-state index contributed by atoms with van der Waals surface area (Å²) in [6, 6.07) is 19.0. The summed E-state index contributed by atoms with van der Waals surface area (Å²) in [6.45, 7) is 6.81. The van der Waals surface area contributed by atoms with Gasteiger partial charge < -0.3 is 36.1 Å². The van der Waals surface area contributed by atoms with E-state index in [4.69, 9.17) is 14.3 Å². The molecule has 0 aromatic heterocycles. The maximum atomic E-state index is 13.2. The van der Waals surface area contributed by atoms with Crippen LogP contribution in [0.1, 0.15) is 150 Å². The molecule has 12 nitrogen and oxygen atoms in total. The van der Waals surface area contributed by atoms with Gasteiger partial charge in [-0.2, -0.15) is 9.59 Å². The quantitative estimate of drug-likeness (QED) is 0.299. The molecule has 8 saturated carbocycles. The van der Waals surface area contributed by atoms with E-state index in [0.29, 0.717) is 36.5 Å². The normalized spacial score (nSPS) is 34.6. The van der Waals surface area contributed by atoms with Crippen LogP contribution in [0.25, 0.3) is 0 Å². The third-order valence-corrected chi connectivity index (χ3v) is 19.1. The molecule has 354 valence electrons. The molecular formula is C53H73LiN4O8. The van der Waals surface area contributed by atoms with Crippen molar-refractivity contribution in [3.8, 4) is 0 Å². The number of hydrogen-bond acceptors (Lipinski definition) is 7. The van der Waals surface area contributed by atoms with E-state index in [-0.39, 0.29) is 59.4 Å². The van der Waals surface area contributed by atoms with E-state index < -0.39 is 0 Å². The van der Waals surface area contributed by atoms with Crippen LogP contribution >= 0.6 is 0 Å². The Morgan fingerprint density at radius 3 is 1.35 bits per heavy atom. The molecule has 2 saturated heterocycles. The fraction of sp³-hybridized carbons (Fsp3) is 0.698. The van der Waals surface area contributed by atoms with Crippen LogP contribution in [-0.2, 0) is 30.0 Å². The van der Waals surface area contributed by atoms with Crippen LogP contribution in [0.15, 0.2) is 48.5 Å². The zero-order chi connectivity index (χ0) is 43.3. The fourth-order valence-corrected chi connectivity index (χ4v) is 16.7. The van der Waals surface area contributed by atoms with Gasteiger partial charge in [0, 0.05) is 44.2 Å². The Bertz CT molecular complexity index is 1990. The second kappa shape index (κ2) is 20.9. The summed E-state index contributed by atoms with van der Waals surface area (Å²) in [7, 11) is 0. The first kappa shape index (κ1) is 50.2. The van der Waals surface area contributed by atoms with E-state index in [1.165, 1.54) is 88.2 Å². The van der Waals surface area contributed by atoms with E-state index in [9.17, 15) is 14.4 Å². The minimum absolute atomic E-state index is 0. The fourth-order valence-electron chi connectivity index (χ4n) is 16.7. The van der Waals surface area contributed by atoms with Gasteiger partial charge in [0.1, 0.15) is 0 Å². The van der Waals surface area contributed by atoms with Gasteiger partial charge in [-0.15, -0.1) is 0 Å². The Hall–Kier alpha value is -3.65. The Morgan fingerprint density at radius 2 is 0.985 bits per heavy atom. The average Bonchev–Trinajstić information content (AvgIpc) is 3.77. The summed E-state index contributed by atoms with van der Waals surface area (Å²) < 4.78 is 5.14. The first-order valence-electron chi connectivity index (χ1n) is 25.1. The SMILES string of the molecule is CCC1CC2(CCN(C(=O)NC3C4CC5CC(C4)CC3C5)CC2)c2ccccc21.O.O=C=O.O=COCC1CC2(CCN(C(=O)NC3C4CC5CC(C4)CC3C5)CC2)c2ccccc21.[Li+].[OH-]. The predicted octanol–water partition coefficient (Wildman–Crippen LogP) is 5.09. The van der Waals surface area contributed by atoms with E-state index in [1.54, 1.807) is 11.1 Å². The van der Waals surface area contributed by atoms with E-state index >= 15 is 0 Å². The predicted molar refractivity (Wildman–Crippen MR) is 244 cm³/mol. The topological polar surface area (TPSA) is 187 Å². The molecule has 10 aliphatic carbocycles. The summed E-state index contributed by atoms with van der Waals surface area (Å²) in [5, 5.41) is 7.03. The van der Waals surface area contributed by atoms with Crippen molar-refractivity contribution in [1.82, 2.24) is 20.4 Å². The zero-order valence-corrected chi connectivity index (χ0v) is 39.5. The Kier molecular flexibility index (Phi) is 15.9. The molecule has 5 N–H and O–H groups in total. The maximum Gasteiger partial charge on any atom is 1.00 e. The number of nitrogens with zero attached hydrogens (tertiary/aromatic N) is 2. The van der Waals surface area contributed by atoms with Gasteiger partial charge in [-0.05, 0) is 195 Å². The number of hydrogen-bond donors (Lipinski definition) is 2. The number of rotatable bonds is 6. The van der Waals surface area contributed by atoms with Crippen molar-refractivity contribution in [1.29, 1.82) is 0 Å². The molecule has 14 rings (SSSR count). The third-order valence-electron chi connectivity index (χ3n) is 19.1. The van der Waals surface area contributed by atoms with E-state index in [2.05, 4.69) is 75.9 Å². The minimum Gasteiger partial charge on any atom is -0.870 e. The van der Waals surface area contributed by atoms with Gasteiger partial charge in [0.05, 0.1) is 6.61 Å². The number of amides is 4. The summed E-state index contributed by atoms with van der Waals surface area (Å²) >= 11 is 0. The Balaban J connectivity index is 0.000000178. The van der Waals surface area contributed by atoms with Crippen LogP contribution in [0.5, 0.6) is 0 Å². The summed E-state index contributed by atoms with van der Waals surface area (Å²) in [4.78, 5) is 57.6. The van der Waals surface area contributed by atoms with Crippen molar-refractivity contribution in [3.63, 3.8) is 0 Å². The van der Waals surface area contributed by atoms with Crippen LogP contribution in [-0.4, -0.2) is 90.3 Å². The smallest absolute Gasteiger partial charge is 0.870 e. The van der Waals surface area contributed by atoms with Crippen molar-refractivity contribution >= 4 is 24.7 Å². The second-order valence-electron chi connectivity index (χ2n) is 22.2. The summed E-state index contributed by atoms with van der Waals surface area (Å²) in [5.41, 5.74) is 6.35. The molecule has 2 unspecified atom stereocenters. The van der Waals surface area contributed by atoms with Crippen LogP contribution in [0, 0.1) is 47.3 Å². The van der Waals surface area contributed by atoms with Crippen molar-refractivity contribution in [2.45, 2.75) is 151 Å². The van der Waals surface area contributed by atoms with E-state index in [1.807, 2.05) is 0 Å². The first-order valence-corrected chi connectivity index (χ1v) is 25.1. The molecule has 2 aromatic rings. The number of carbonyl (C=O) groups is 3. The van der Waals surface area contributed by atoms with Crippen molar-refractivity contribution in [2.75, 3.05) is 32.8 Å². The molecule has 66 heavy (non-hydrogen) atoms. The molecule has 2 heterocycles. The van der Waals surface area contributed by atoms with Gasteiger partial charge in [-0.3, -0.25) is 4.79 Å². The molecule has 2 spiro atoms. The molecule has 8 bridgehead atoms. The summed E-state index contributed by atoms with van der Waals surface area (Å²) in [5.74, 6) is 7.75. The van der Waals surface area contributed by atoms with Crippen molar-refractivity contribution in [3.05, 3.63) is 70.8 Å². The van der Waals surface area contributed by atoms with E-state index in [0.717, 1.165) is 106 Å². The molecule has 0 radical (unpaired) electrons. The molecule has 13 heteroatoms. The van der Waals surface area contributed by atoms with Gasteiger partial charge in [-0.25, -0.2) is 9.59 Å². The van der Waals surface area contributed by atoms with Gasteiger partial charge in [-0.1, -0.05) is 55.5 Å².